The molecule has 5 nitrogen and oxygen atoms in total. The maximum absolute atomic E-state index is 12.0. The van der Waals surface area contributed by atoms with E-state index in [1.54, 1.807) is 7.05 Å². The highest BCUT2D eigenvalue weighted by Crippen LogP contribution is 2.15. The summed E-state index contributed by atoms with van der Waals surface area (Å²) >= 11 is 0. The second-order valence-electron chi connectivity index (χ2n) is 5.83. The van der Waals surface area contributed by atoms with Crippen LogP contribution in [0.5, 0.6) is 0 Å². The highest BCUT2D eigenvalue weighted by atomic mass is 16.2. The summed E-state index contributed by atoms with van der Waals surface area (Å²) in [7, 11) is 1.58. The standard InChI is InChI=1S/C14H25N3O2/c1-10(9-11-5-3-4-8-15-11)16-12-6-7-13(18)17(2)14(12)19/h10-12,15-16H,3-9H2,1-2H3. The molecule has 3 atom stereocenters. The first-order valence-electron chi connectivity index (χ1n) is 7.37. The predicted molar refractivity (Wildman–Crippen MR) is 73.7 cm³/mol. The number of nitrogens with zero attached hydrogens (tertiary/aromatic N) is 1. The van der Waals surface area contributed by atoms with Crippen molar-refractivity contribution in [1.29, 1.82) is 0 Å². The summed E-state index contributed by atoms with van der Waals surface area (Å²) in [6.45, 7) is 3.23. The van der Waals surface area contributed by atoms with Gasteiger partial charge in [-0.2, -0.15) is 0 Å². The molecular weight excluding hydrogens is 242 g/mol. The maximum atomic E-state index is 12.0. The van der Waals surface area contributed by atoms with E-state index in [2.05, 4.69) is 17.6 Å². The summed E-state index contributed by atoms with van der Waals surface area (Å²) in [6, 6.07) is 0.668. The van der Waals surface area contributed by atoms with Gasteiger partial charge in [-0.25, -0.2) is 0 Å². The van der Waals surface area contributed by atoms with Crippen LogP contribution in [0.15, 0.2) is 0 Å². The molecule has 19 heavy (non-hydrogen) atoms. The molecule has 2 rings (SSSR count). The average Bonchev–Trinajstić information content (AvgIpc) is 2.41. The molecule has 0 spiro atoms. The fraction of sp³-hybridized carbons (Fsp3) is 0.857. The van der Waals surface area contributed by atoms with Crippen LogP contribution >= 0.6 is 0 Å². The molecule has 2 N–H and O–H groups in total. The zero-order valence-electron chi connectivity index (χ0n) is 11.9. The second kappa shape index (κ2) is 6.48. The van der Waals surface area contributed by atoms with Gasteiger partial charge in [-0.05, 0) is 39.2 Å². The fourth-order valence-electron chi connectivity index (χ4n) is 3.03. The highest BCUT2D eigenvalue weighted by molar-refractivity contribution is 6.00. The van der Waals surface area contributed by atoms with Gasteiger partial charge in [0.25, 0.3) is 0 Å². The first-order valence-corrected chi connectivity index (χ1v) is 7.37. The largest absolute Gasteiger partial charge is 0.314 e. The zero-order chi connectivity index (χ0) is 13.8. The van der Waals surface area contributed by atoms with Crippen LogP contribution in [0.4, 0.5) is 0 Å². The van der Waals surface area contributed by atoms with Crippen LogP contribution < -0.4 is 10.6 Å². The predicted octanol–water partition coefficient (Wildman–Crippen LogP) is 0.644. The number of carbonyl (C=O) groups is 2. The Morgan fingerprint density at radius 1 is 1.37 bits per heavy atom. The SMILES string of the molecule is CC(CC1CCCCN1)NC1CCC(=O)N(C)C1=O. The van der Waals surface area contributed by atoms with Crippen LogP contribution in [-0.4, -0.2) is 48.4 Å². The molecule has 2 saturated heterocycles. The van der Waals surface area contributed by atoms with Crippen molar-refractivity contribution in [2.45, 2.75) is 63.6 Å². The van der Waals surface area contributed by atoms with Gasteiger partial charge in [-0.1, -0.05) is 6.42 Å². The zero-order valence-corrected chi connectivity index (χ0v) is 11.9. The first kappa shape index (κ1) is 14.5. The maximum Gasteiger partial charge on any atom is 0.246 e. The number of likely N-dealkylation sites (N-methyl/N-ethyl adjacent to an activating group) is 1. The van der Waals surface area contributed by atoms with Crippen molar-refractivity contribution < 1.29 is 9.59 Å². The lowest BCUT2D eigenvalue weighted by Gasteiger charge is -2.32. The van der Waals surface area contributed by atoms with Crippen molar-refractivity contribution in [3.8, 4) is 0 Å². The number of hydrogen-bond donors (Lipinski definition) is 2. The normalized spacial score (nSPS) is 30.5. The molecular formula is C14H25N3O2. The third kappa shape index (κ3) is 3.76. The smallest absolute Gasteiger partial charge is 0.246 e. The number of piperidine rings is 2. The first-order chi connectivity index (χ1) is 9.08. The molecule has 0 aliphatic carbocycles. The molecule has 0 aromatic heterocycles. The molecule has 2 fully saturated rings. The lowest BCUT2D eigenvalue weighted by Crippen LogP contribution is -2.54. The summed E-state index contributed by atoms with van der Waals surface area (Å²) in [4.78, 5) is 24.7. The molecule has 2 amide bonds. The van der Waals surface area contributed by atoms with E-state index in [0.717, 1.165) is 13.0 Å². The lowest BCUT2D eigenvalue weighted by atomic mass is 9.97. The Morgan fingerprint density at radius 3 is 2.84 bits per heavy atom. The molecule has 5 heteroatoms. The van der Waals surface area contributed by atoms with Gasteiger partial charge in [0.15, 0.2) is 0 Å². The van der Waals surface area contributed by atoms with Gasteiger partial charge in [-0.3, -0.25) is 14.5 Å². The Morgan fingerprint density at radius 2 is 2.16 bits per heavy atom. The van der Waals surface area contributed by atoms with Gasteiger partial charge in [0.05, 0.1) is 6.04 Å². The molecule has 0 aromatic rings. The van der Waals surface area contributed by atoms with E-state index in [4.69, 9.17) is 0 Å². The van der Waals surface area contributed by atoms with Crippen molar-refractivity contribution in [3.63, 3.8) is 0 Å². The third-order valence-electron chi connectivity index (χ3n) is 4.19. The van der Waals surface area contributed by atoms with Crippen LogP contribution in [0.1, 0.15) is 45.4 Å². The van der Waals surface area contributed by atoms with Gasteiger partial charge in [0, 0.05) is 25.6 Å². The molecule has 0 bridgehead atoms. The van der Waals surface area contributed by atoms with Crippen LogP contribution in [0.2, 0.25) is 0 Å². The molecule has 108 valence electrons. The monoisotopic (exact) mass is 267 g/mol. The summed E-state index contributed by atoms with van der Waals surface area (Å²) in [5.41, 5.74) is 0. The van der Waals surface area contributed by atoms with Gasteiger partial charge >= 0.3 is 0 Å². The molecule has 0 aromatic carbocycles. The number of carbonyl (C=O) groups excluding carboxylic acids is 2. The minimum atomic E-state index is -0.193. The number of nitrogens with one attached hydrogen (secondary N) is 2. The highest BCUT2D eigenvalue weighted by Gasteiger charge is 2.32. The summed E-state index contributed by atoms with van der Waals surface area (Å²) in [5.74, 6) is -0.149. The van der Waals surface area contributed by atoms with Crippen LogP contribution in [0.25, 0.3) is 0 Å². The molecule has 2 aliphatic heterocycles. The second-order valence-corrected chi connectivity index (χ2v) is 5.83. The quantitative estimate of drug-likeness (QED) is 0.734. The lowest BCUT2D eigenvalue weighted by molar-refractivity contribution is -0.148. The van der Waals surface area contributed by atoms with E-state index in [1.165, 1.54) is 24.2 Å². The van der Waals surface area contributed by atoms with Crippen molar-refractivity contribution >= 4 is 11.8 Å². The van der Waals surface area contributed by atoms with Crippen molar-refractivity contribution in [2.75, 3.05) is 13.6 Å². The van der Waals surface area contributed by atoms with E-state index < -0.39 is 0 Å². The van der Waals surface area contributed by atoms with E-state index in [0.29, 0.717) is 24.9 Å². The van der Waals surface area contributed by atoms with Crippen LogP contribution in [0.3, 0.4) is 0 Å². The average molecular weight is 267 g/mol. The topological polar surface area (TPSA) is 61.4 Å². The Kier molecular flexibility index (Phi) is 4.93. The minimum absolute atomic E-state index is 0.0651. The Hall–Kier alpha value is -0.940. The van der Waals surface area contributed by atoms with E-state index in [1.807, 2.05) is 0 Å². The Labute approximate surface area is 115 Å². The molecule has 2 heterocycles. The van der Waals surface area contributed by atoms with Gasteiger partial charge in [0.2, 0.25) is 11.8 Å². The summed E-state index contributed by atoms with van der Waals surface area (Å²) < 4.78 is 0. The number of hydrogen-bond acceptors (Lipinski definition) is 4. The molecule has 0 saturated carbocycles. The van der Waals surface area contributed by atoms with E-state index >= 15 is 0 Å². The number of amides is 2. The Balaban J connectivity index is 1.79. The van der Waals surface area contributed by atoms with Crippen LogP contribution in [-0.2, 0) is 9.59 Å². The van der Waals surface area contributed by atoms with Crippen molar-refractivity contribution in [1.82, 2.24) is 15.5 Å². The van der Waals surface area contributed by atoms with E-state index in [9.17, 15) is 9.59 Å². The van der Waals surface area contributed by atoms with Crippen molar-refractivity contribution in [2.24, 2.45) is 0 Å². The van der Waals surface area contributed by atoms with Gasteiger partial charge in [0.1, 0.15) is 0 Å². The minimum Gasteiger partial charge on any atom is -0.314 e. The summed E-state index contributed by atoms with van der Waals surface area (Å²) in [5, 5.41) is 6.91. The van der Waals surface area contributed by atoms with Gasteiger partial charge < -0.3 is 10.6 Å². The molecule has 0 radical (unpaired) electrons. The van der Waals surface area contributed by atoms with Crippen molar-refractivity contribution in [3.05, 3.63) is 0 Å². The summed E-state index contributed by atoms with van der Waals surface area (Å²) in [6.07, 6.45) is 5.93. The third-order valence-corrected chi connectivity index (χ3v) is 4.19. The van der Waals surface area contributed by atoms with Gasteiger partial charge in [-0.15, -0.1) is 0 Å². The van der Waals surface area contributed by atoms with E-state index in [-0.39, 0.29) is 17.9 Å². The number of rotatable bonds is 4. The number of imide groups is 1. The van der Waals surface area contributed by atoms with Crippen LogP contribution in [0, 0.1) is 0 Å². The molecule has 3 unspecified atom stereocenters. The molecule has 2 aliphatic rings. The Bertz CT molecular complexity index is 340. The number of likely N-dealkylation sites (tertiary alicyclic amines) is 1. The fourth-order valence-corrected chi connectivity index (χ4v) is 3.03.